The first-order valence-electron chi connectivity index (χ1n) is 5.82. The average Bonchev–Trinajstić information content (AvgIpc) is 2.78. The van der Waals surface area contributed by atoms with E-state index in [-0.39, 0.29) is 23.5 Å². The molecule has 1 aromatic rings. The van der Waals surface area contributed by atoms with Crippen molar-refractivity contribution in [3.63, 3.8) is 0 Å². The number of ether oxygens (including phenoxy) is 1. The Labute approximate surface area is 109 Å². The molecule has 18 heavy (non-hydrogen) atoms. The van der Waals surface area contributed by atoms with E-state index >= 15 is 0 Å². The number of hydrogen-bond acceptors (Lipinski definition) is 4. The minimum absolute atomic E-state index is 0.0855. The van der Waals surface area contributed by atoms with Crippen LogP contribution < -0.4 is 5.32 Å². The standard InChI is InChI=1S/C12H15NO4S/c1-7-9(3-2-4-17-7)11(14)13-10-5-8(6-18-10)12(15)16/h5-7,9H,2-4H2,1H3,(H,13,14)(H,15,16). The van der Waals surface area contributed by atoms with Crippen LogP contribution in [0.5, 0.6) is 0 Å². The van der Waals surface area contributed by atoms with Gasteiger partial charge in [0.15, 0.2) is 0 Å². The summed E-state index contributed by atoms with van der Waals surface area (Å²) in [5, 5.41) is 13.6. The van der Waals surface area contributed by atoms with Crippen molar-refractivity contribution in [2.75, 3.05) is 11.9 Å². The van der Waals surface area contributed by atoms with Crippen LogP contribution in [0.1, 0.15) is 30.1 Å². The van der Waals surface area contributed by atoms with Crippen molar-refractivity contribution in [1.82, 2.24) is 0 Å². The molecule has 2 heterocycles. The summed E-state index contributed by atoms with van der Waals surface area (Å²) in [6.07, 6.45) is 1.61. The molecule has 0 saturated carbocycles. The first-order valence-corrected chi connectivity index (χ1v) is 6.70. The molecule has 6 heteroatoms. The second-order valence-electron chi connectivity index (χ2n) is 4.32. The number of nitrogens with one attached hydrogen (secondary N) is 1. The smallest absolute Gasteiger partial charge is 0.336 e. The minimum Gasteiger partial charge on any atom is -0.478 e. The second-order valence-corrected chi connectivity index (χ2v) is 5.23. The Morgan fingerprint density at radius 1 is 1.56 bits per heavy atom. The fourth-order valence-corrected chi connectivity index (χ4v) is 2.77. The number of carbonyl (C=O) groups is 2. The van der Waals surface area contributed by atoms with Gasteiger partial charge in [0, 0.05) is 12.0 Å². The summed E-state index contributed by atoms with van der Waals surface area (Å²) < 4.78 is 5.44. The van der Waals surface area contributed by atoms with Crippen LogP contribution in [-0.2, 0) is 9.53 Å². The maximum atomic E-state index is 12.0. The van der Waals surface area contributed by atoms with E-state index in [1.54, 1.807) is 0 Å². The number of amides is 1. The number of rotatable bonds is 3. The molecule has 98 valence electrons. The summed E-state index contributed by atoms with van der Waals surface area (Å²) in [7, 11) is 0. The van der Waals surface area contributed by atoms with Gasteiger partial charge in [0.25, 0.3) is 0 Å². The highest BCUT2D eigenvalue weighted by Crippen LogP contribution is 2.25. The lowest BCUT2D eigenvalue weighted by Gasteiger charge is -2.27. The Bertz CT molecular complexity index is 457. The maximum absolute atomic E-state index is 12.0. The van der Waals surface area contributed by atoms with Gasteiger partial charge < -0.3 is 15.2 Å². The highest BCUT2D eigenvalue weighted by atomic mass is 32.1. The van der Waals surface area contributed by atoms with Crippen LogP contribution >= 0.6 is 11.3 Å². The van der Waals surface area contributed by atoms with Gasteiger partial charge in [0.1, 0.15) is 0 Å². The zero-order valence-corrected chi connectivity index (χ0v) is 10.8. The largest absolute Gasteiger partial charge is 0.478 e. The Kier molecular flexibility index (Phi) is 3.98. The molecule has 5 nitrogen and oxygen atoms in total. The fourth-order valence-electron chi connectivity index (χ4n) is 2.00. The van der Waals surface area contributed by atoms with Crippen LogP contribution in [-0.4, -0.2) is 29.7 Å². The molecule has 0 radical (unpaired) electrons. The first-order chi connectivity index (χ1) is 8.58. The minimum atomic E-state index is -0.985. The van der Waals surface area contributed by atoms with Gasteiger partial charge in [-0.3, -0.25) is 4.79 Å². The van der Waals surface area contributed by atoms with E-state index in [2.05, 4.69) is 5.32 Å². The quantitative estimate of drug-likeness (QED) is 0.882. The van der Waals surface area contributed by atoms with Gasteiger partial charge >= 0.3 is 5.97 Å². The average molecular weight is 269 g/mol. The number of carboxylic acid groups (broad SMARTS) is 1. The molecule has 2 N–H and O–H groups in total. The molecule has 1 amide bonds. The summed E-state index contributed by atoms with van der Waals surface area (Å²) in [5.74, 6) is -1.24. The number of anilines is 1. The SMILES string of the molecule is CC1OCCCC1C(=O)Nc1cc(C(=O)O)cs1. The zero-order chi connectivity index (χ0) is 13.1. The molecule has 2 rings (SSSR count). The van der Waals surface area contributed by atoms with Crippen molar-refractivity contribution in [2.45, 2.75) is 25.9 Å². The van der Waals surface area contributed by atoms with Gasteiger partial charge in [0.05, 0.1) is 22.6 Å². The highest BCUT2D eigenvalue weighted by molar-refractivity contribution is 7.14. The van der Waals surface area contributed by atoms with Crippen LogP contribution in [0.15, 0.2) is 11.4 Å². The van der Waals surface area contributed by atoms with Gasteiger partial charge in [-0.2, -0.15) is 0 Å². The van der Waals surface area contributed by atoms with Gasteiger partial charge in [-0.05, 0) is 25.8 Å². The lowest BCUT2D eigenvalue weighted by atomic mass is 9.94. The second kappa shape index (κ2) is 5.49. The third kappa shape index (κ3) is 2.88. The van der Waals surface area contributed by atoms with E-state index < -0.39 is 5.97 Å². The van der Waals surface area contributed by atoms with Crippen molar-refractivity contribution in [2.24, 2.45) is 5.92 Å². The number of carboxylic acids is 1. The molecule has 0 aromatic carbocycles. The van der Waals surface area contributed by atoms with Gasteiger partial charge in [-0.1, -0.05) is 0 Å². The summed E-state index contributed by atoms with van der Waals surface area (Å²) in [5.41, 5.74) is 0.197. The molecule has 0 spiro atoms. The molecule has 2 unspecified atom stereocenters. The van der Waals surface area contributed by atoms with Crippen molar-refractivity contribution in [3.05, 3.63) is 17.0 Å². The Morgan fingerprint density at radius 3 is 2.94 bits per heavy atom. The zero-order valence-electron chi connectivity index (χ0n) is 10.0. The van der Waals surface area contributed by atoms with Crippen LogP contribution in [0.3, 0.4) is 0 Å². The third-order valence-corrected chi connectivity index (χ3v) is 3.88. The Hall–Kier alpha value is -1.40. The normalized spacial score (nSPS) is 23.6. The van der Waals surface area contributed by atoms with Crippen molar-refractivity contribution >= 4 is 28.2 Å². The van der Waals surface area contributed by atoms with Crippen LogP contribution in [0.2, 0.25) is 0 Å². The van der Waals surface area contributed by atoms with E-state index in [0.29, 0.717) is 11.6 Å². The van der Waals surface area contributed by atoms with Crippen molar-refractivity contribution in [1.29, 1.82) is 0 Å². The summed E-state index contributed by atoms with van der Waals surface area (Å²) >= 11 is 1.22. The van der Waals surface area contributed by atoms with Crippen molar-refractivity contribution in [3.8, 4) is 0 Å². The molecular formula is C12H15NO4S. The predicted octanol–water partition coefficient (Wildman–Crippen LogP) is 2.20. The number of thiophene rings is 1. The molecule has 0 aliphatic carbocycles. The lowest BCUT2D eigenvalue weighted by molar-refractivity contribution is -0.127. The Morgan fingerprint density at radius 2 is 2.33 bits per heavy atom. The number of carbonyl (C=O) groups excluding carboxylic acids is 1. The van der Waals surface area contributed by atoms with Crippen LogP contribution in [0, 0.1) is 5.92 Å². The Balaban J connectivity index is 1.99. The lowest BCUT2D eigenvalue weighted by Crippen LogP contribution is -2.36. The molecule has 1 aromatic heterocycles. The fraction of sp³-hybridized carbons (Fsp3) is 0.500. The molecule has 1 fully saturated rings. The predicted molar refractivity (Wildman–Crippen MR) is 68.0 cm³/mol. The molecule has 2 atom stereocenters. The summed E-state index contributed by atoms with van der Waals surface area (Å²) in [6, 6.07) is 1.47. The van der Waals surface area contributed by atoms with E-state index in [1.165, 1.54) is 22.8 Å². The van der Waals surface area contributed by atoms with E-state index in [1.807, 2.05) is 6.92 Å². The monoisotopic (exact) mass is 269 g/mol. The van der Waals surface area contributed by atoms with Gasteiger partial charge in [-0.15, -0.1) is 11.3 Å². The third-order valence-electron chi connectivity index (χ3n) is 3.04. The van der Waals surface area contributed by atoms with E-state index in [0.717, 1.165) is 12.8 Å². The van der Waals surface area contributed by atoms with E-state index in [9.17, 15) is 9.59 Å². The van der Waals surface area contributed by atoms with Gasteiger partial charge in [0.2, 0.25) is 5.91 Å². The van der Waals surface area contributed by atoms with Crippen LogP contribution in [0.25, 0.3) is 0 Å². The molecule has 1 saturated heterocycles. The summed E-state index contributed by atoms with van der Waals surface area (Å²) in [6.45, 7) is 2.59. The van der Waals surface area contributed by atoms with Gasteiger partial charge in [-0.25, -0.2) is 4.79 Å². The molecular weight excluding hydrogens is 254 g/mol. The topological polar surface area (TPSA) is 75.6 Å². The maximum Gasteiger partial charge on any atom is 0.336 e. The molecule has 1 aliphatic heterocycles. The highest BCUT2D eigenvalue weighted by Gasteiger charge is 2.28. The summed E-state index contributed by atoms with van der Waals surface area (Å²) in [4.78, 5) is 22.8. The number of aromatic carboxylic acids is 1. The van der Waals surface area contributed by atoms with Crippen molar-refractivity contribution < 1.29 is 19.4 Å². The van der Waals surface area contributed by atoms with E-state index in [4.69, 9.17) is 9.84 Å². The van der Waals surface area contributed by atoms with Crippen LogP contribution in [0.4, 0.5) is 5.00 Å². The molecule has 1 aliphatic rings. The first kappa shape index (κ1) is 13.0. The number of hydrogen-bond donors (Lipinski definition) is 2. The molecule has 0 bridgehead atoms.